The summed E-state index contributed by atoms with van der Waals surface area (Å²) in [5.41, 5.74) is 3.28. The summed E-state index contributed by atoms with van der Waals surface area (Å²) in [6.07, 6.45) is 1.10. The van der Waals surface area contributed by atoms with Gasteiger partial charge in [-0.05, 0) is 41.0 Å². The first-order valence-electron chi connectivity index (χ1n) is 6.55. The molecule has 0 aliphatic rings. The Hall–Kier alpha value is -1.61. The van der Waals surface area contributed by atoms with Crippen molar-refractivity contribution in [3.05, 3.63) is 41.3 Å². The summed E-state index contributed by atoms with van der Waals surface area (Å²) in [4.78, 5) is 5.62. The molecule has 3 heteroatoms. The molecule has 0 N–H and O–H groups in total. The van der Waals surface area contributed by atoms with Crippen molar-refractivity contribution in [2.75, 3.05) is 0 Å². The third kappa shape index (κ3) is 2.19. The standard InChI is InChI=1S/C16H17NOS/c1-4-16(2,3)11-7-8-12-13(10-11)18-15(17-12)14-6-5-9-19-14/h5-10H,4H2,1-3H3. The van der Waals surface area contributed by atoms with Crippen LogP contribution in [-0.4, -0.2) is 4.98 Å². The van der Waals surface area contributed by atoms with Crippen molar-refractivity contribution < 1.29 is 4.42 Å². The highest BCUT2D eigenvalue weighted by Gasteiger charge is 2.19. The lowest BCUT2D eigenvalue weighted by molar-refractivity contribution is 0.505. The van der Waals surface area contributed by atoms with Gasteiger partial charge < -0.3 is 4.42 Å². The number of benzene rings is 1. The first-order chi connectivity index (χ1) is 9.10. The number of thiophene rings is 1. The van der Waals surface area contributed by atoms with E-state index in [4.69, 9.17) is 4.42 Å². The minimum absolute atomic E-state index is 0.171. The van der Waals surface area contributed by atoms with Gasteiger partial charge in [0.1, 0.15) is 5.52 Å². The zero-order valence-electron chi connectivity index (χ0n) is 11.4. The third-order valence-electron chi connectivity index (χ3n) is 3.79. The predicted octanol–water partition coefficient (Wildman–Crippen LogP) is 5.24. The highest BCUT2D eigenvalue weighted by molar-refractivity contribution is 7.13. The van der Waals surface area contributed by atoms with E-state index >= 15 is 0 Å². The van der Waals surface area contributed by atoms with Gasteiger partial charge in [0.15, 0.2) is 5.58 Å². The SMILES string of the molecule is CCC(C)(C)c1ccc2nc(-c3cccs3)oc2c1. The molecule has 0 saturated carbocycles. The summed E-state index contributed by atoms with van der Waals surface area (Å²) in [7, 11) is 0. The van der Waals surface area contributed by atoms with Gasteiger partial charge in [-0.2, -0.15) is 0 Å². The Labute approximate surface area is 117 Å². The van der Waals surface area contributed by atoms with Gasteiger partial charge in [0.25, 0.3) is 0 Å². The van der Waals surface area contributed by atoms with Gasteiger partial charge in [0.2, 0.25) is 5.89 Å². The molecule has 19 heavy (non-hydrogen) atoms. The van der Waals surface area contributed by atoms with E-state index in [9.17, 15) is 0 Å². The highest BCUT2D eigenvalue weighted by Crippen LogP contribution is 2.32. The number of rotatable bonds is 3. The van der Waals surface area contributed by atoms with Crippen LogP contribution in [0.25, 0.3) is 21.9 Å². The molecule has 98 valence electrons. The summed E-state index contributed by atoms with van der Waals surface area (Å²) in [5, 5.41) is 2.04. The molecule has 0 amide bonds. The lowest BCUT2D eigenvalue weighted by Gasteiger charge is -2.22. The van der Waals surface area contributed by atoms with Crippen LogP contribution in [0.15, 0.2) is 40.1 Å². The number of aromatic nitrogens is 1. The van der Waals surface area contributed by atoms with Crippen molar-refractivity contribution >= 4 is 22.4 Å². The Kier molecular flexibility index (Phi) is 2.94. The maximum absolute atomic E-state index is 5.89. The Morgan fingerprint density at radius 2 is 2.11 bits per heavy atom. The van der Waals surface area contributed by atoms with Crippen molar-refractivity contribution in [3.63, 3.8) is 0 Å². The molecule has 0 radical (unpaired) electrons. The van der Waals surface area contributed by atoms with Gasteiger partial charge in [0.05, 0.1) is 4.88 Å². The maximum atomic E-state index is 5.89. The Morgan fingerprint density at radius 3 is 2.79 bits per heavy atom. The lowest BCUT2D eigenvalue weighted by Crippen LogP contribution is -2.14. The van der Waals surface area contributed by atoms with E-state index in [1.807, 2.05) is 17.5 Å². The van der Waals surface area contributed by atoms with Crippen LogP contribution in [0.3, 0.4) is 0 Å². The zero-order chi connectivity index (χ0) is 13.5. The molecule has 0 bridgehead atoms. The fourth-order valence-corrected chi connectivity index (χ4v) is 2.70. The second-order valence-corrected chi connectivity index (χ2v) is 6.36. The van der Waals surface area contributed by atoms with Gasteiger partial charge in [-0.25, -0.2) is 4.98 Å². The summed E-state index contributed by atoms with van der Waals surface area (Å²) in [5.74, 6) is 0.719. The number of fused-ring (bicyclic) bond motifs is 1. The van der Waals surface area contributed by atoms with Crippen LogP contribution in [0.4, 0.5) is 0 Å². The molecule has 0 atom stereocenters. The lowest BCUT2D eigenvalue weighted by atomic mass is 9.82. The fraction of sp³-hybridized carbons (Fsp3) is 0.312. The van der Waals surface area contributed by atoms with Crippen LogP contribution in [-0.2, 0) is 5.41 Å². The van der Waals surface area contributed by atoms with Crippen molar-refractivity contribution in [3.8, 4) is 10.8 Å². The maximum Gasteiger partial charge on any atom is 0.237 e. The monoisotopic (exact) mass is 271 g/mol. The molecule has 3 rings (SSSR count). The normalized spacial score (nSPS) is 12.2. The van der Waals surface area contributed by atoms with Gasteiger partial charge >= 0.3 is 0 Å². The van der Waals surface area contributed by atoms with Gasteiger partial charge in [-0.15, -0.1) is 11.3 Å². The average Bonchev–Trinajstić information content (AvgIpc) is 3.06. The number of nitrogens with zero attached hydrogens (tertiary/aromatic N) is 1. The topological polar surface area (TPSA) is 26.0 Å². The zero-order valence-corrected chi connectivity index (χ0v) is 12.3. The highest BCUT2D eigenvalue weighted by atomic mass is 32.1. The quantitative estimate of drug-likeness (QED) is 0.650. The molecule has 0 aliphatic heterocycles. The summed E-state index contributed by atoms with van der Waals surface area (Å²) in [6, 6.07) is 10.4. The summed E-state index contributed by atoms with van der Waals surface area (Å²) in [6.45, 7) is 6.72. The van der Waals surface area contributed by atoms with Crippen LogP contribution < -0.4 is 0 Å². The van der Waals surface area contributed by atoms with Gasteiger partial charge in [-0.3, -0.25) is 0 Å². The average molecular weight is 271 g/mol. The first kappa shape index (κ1) is 12.4. The van der Waals surface area contributed by atoms with Crippen LogP contribution >= 0.6 is 11.3 Å². The third-order valence-corrected chi connectivity index (χ3v) is 4.64. The second-order valence-electron chi connectivity index (χ2n) is 5.42. The van der Waals surface area contributed by atoms with Crippen LogP contribution in [0.5, 0.6) is 0 Å². The largest absolute Gasteiger partial charge is 0.435 e. The summed E-state index contributed by atoms with van der Waals surface area (Å²) >= 11 is 1.65. The van der Waals surface area contributed by atoms with Crippen LogP contribution in [0, 0.1) is 0 Å². The van der Waals surface area contributed by atoms with Crippen molar-refractivity contribution in [1.29, 1.82) is 0 Å². The molecule has 3 aromatic rings. The van der Waals surface area contributed by atoms with E-state index < -0.39 is 0 Å². The number of hydrogen-bond donors (Lipinski definition) is 0. The van der Waals surface area contributed by atoms with Crippen LogP contribution in [0.2, 0.25) is 0 Å². The fourth-order valence-electron chi connectivity index (χ4n) is 2.06. The van der Waals surface area contributed by atoms with Crippen molar-refractivity contribution in [1.82, 2.24) is 4.98 Å². The smallest absolute Gasteiger partial charge is 0.237 e. The molecule has 1 aromatic carbocycles. The molecular formula is C16H17NOS. The summed E-state index contributed by atoms with van der Waals surface area (Å²) < 4.78 is 5.89. The van der Waals surface area contributed by atoms with Crippen LogP contribution in [0.1, 0.15) is 32.8 Å². The van der Waals surface area contributed by atoms with Gasteiger partial charge in [-0.1, -0.05) is 32.9 Å². The molecule has 0 fully saturated rings. The Morgan fingerprint density at radius 1 is 1.26 bits per heavy atom. The molecule has 0 spiro atoms. The molecule has 2 aromatic heterocycles. The van der Waals surface area contributed by atoms with E-state index in [2.05, 4.69) is 44.0 Å². The molecule has 0 saturated heterocycles. The molecule has 0 unspecified atom stereocenters. The molecular weight excluding hydrogens is 254 g/mol. The van der Waals surface area contributed by atoms with E-state index in [1.165, 1.54) is 5.56 Å². The Bertz CT molecular complexity index is 695. The minimum atomic E-state index is 0.171. The second kappa shape index (κ2) is 4.49. The van der Waals surface area contributed by atoms with E-state index in [0.29, 0.717) is 0 Å². The molecule has 2 heterocycles. The minimum Gasteiger partial charge on any atom is -0.435 e. The van der Waals surface area contributed by atoms with Gasteiger partial charge in [0, 0.05) is 0 Å². The van der Waals surface area contributed by atoms with Crippen molar-refractivity contribution in [2.45, 2.75) is 32.6 Å². The number of oxazole rings is 1. The van der Waals surface area contributed by atoms with E-state index in [-0.39, 0.29) is 5.41 Å². The van der Waals surface area contributed by atoms with E-state index in [1.54, 1.807) is 11.3 Å². The number of hydrogen-bond acceptors (Lipinski definition) is 3. The Balaban J connectivity index is 2.09. The first-order valence-corrected chi connectivity index (χ1v) is 7.43. The molecule has 0 aliphatic carbocycles. The van der Waals surface area contributed by atoms with E-state index in [0.717, 1.165) is 28.3 Å². The molecule has 2 nitrogen and oxygen atoms in total. The predicted molar refractivity (Wildman–Crippen MR) is 80.6 cm³/mol. The van der Waals surface area contributed by atoms with Crippen molar-refractivity contribution in [2.24, 2.45) is 0 Å².